The third kappa shape index (κ3) is 2.52. The van der Waals surface area contributed by atoms with Gasteiger partial charge in [0.1, 0.15) is 5.75 Å². The highest BCUT2D eigenvalue weighted by Crippen LogP contribution is 2.11. The summed E-state index contributed by atoms with van der Waals surface area (Å²) in [5.41, 5.74) is 1.08. The van der Waals surface area contributed by atoms with Gasteiger partial charge in [-0.2, -0.15) is 0 Å². The van der Waals surface area contributed by atoms with E-state index in [9.17, 15) is 4.79 Å². The Bertz CT molecular complexity index is 358. The number of methoxy groups -OCH3 is 1. The molecule has 0 bridgehead atoms. The van der Waals surface area contributed by atoms with E-state index in [0.29, 0.717) is 6.54 Å². The summed E-state index contributed by atoms with van der Waals surface area (Å²) in [6.07, 6.45) is 0. The van der Waals surface area contributed by atoms with Gasteiger partial charge in [0.05, 0.1) is 13.0 Å². The van der Waals surface area contributed by atoms with Crippen LogP contribution in [0.2, 0.25) is 0 Å². The zero-order chi connectivity index (χ0) is 11.4. The van der Waals surface area contributed by atoms with Gasteiger partial charge in [0.2, 0.25) is 5.91 Å². The van der Waals surface area contributed by atoms with Gasteiger partial charge in [-0.1, -0.05) is 12.1 Å². The molecular weight excluding hydrogens is 204 g/mol. The molecule has 0 aromatic heterocycles. The van der Waals surface area contributed by atoms with Gasteiger partial charge in [0.25, 0.3) is 0 Å². The minimum absolute atomic E-state index is 0.134. The second-order valence-corrected chi connectivity index (χ2v) is 3.92. The van der Waals surface area contributed by atoms with Crippen LogP contribution in [-0.4, -0.2) is 26.1 Å². The standard InChI is InChI=1S/C12H16N2O2/c1-16-11-4-2-9(3-5-11)6-14-12(15)10-7-13-8-10/h2-5,10,13H,6-8H2,1H3,(H,14,15). The fraction of sp³-hybridized carbons (Fsp3) is 0.417. The van der Waals surface area contributed by atoms with Gasteiger partial charge in [-0.25, -0.2) is 0 Å². The minimum atomic E-state index is 0.134. The van der Waals surface area contributed by atoms with Gasteiger partial charge in [-0.3, -0.25) is 4.79 Å². The molecule has 2 rings (SSSR count). The Labute approximate surface area is 95.0 Å². The van der Waals surface area contributed by atoms with Gasteiger partial charge in [0, 0.05) is 19.6 Å². The second-order valence-electron chi connectivity index (χ2n) is 3.92. The van der Waals surface area contributed by atoms with Gasteiger partial charge in [-0.15, -0.1) is 0 Å². The number of carbonyl (C=O) groups excluding carboxylic acids is 1. The molecule has 1 heterocycles. The SMILES string of the molecule is COc1ccc(CNC(=O)C2CNC2)cc1. The fourth-order valence-corrected chi connectivity index (χ4v) is 1.55. The lowest BCUT2D eigenvalue weighted by atomic mass is 10.0. The van der Waals surface area contributed by atoms with E-state index in [1.165, 1.54) is 0 Å². The molecule has 0 unspecified atom stereocenters. The number of hydrogen-bond acceptors (Lipinski definition) is 3. The third-order valence-electron chi connectivity index (χ3n) is 2.78. The zero-order valence-corrected chi connectivity index (χ0v) is 9.32. The molecule has 1 aliphatic heterocycles. The Morgan fingerprint density at radius 3 is 2.62 bits per heavy atom. The molecule has 4 nitrogen and oxygen atoms in total. The van der Waals surface area contributed by atoms with Crippen LogP contribution in [-0.2, 0) is 11.3 Å². The van der Waals surface area contributed by atoms with E-state index in [4.69, 9.17) is 4.74 Å². The summed E-state index contributed by atoms with van der Waals surface area (Å²) in [5.74, 6) is 1.12. The summed E-state index contributed by atoms with van der Waals surface area (Å²) in [6.45, 7) is 2.18. The number of nitrogens with one attached hydrogen (secondary N) is 2. The highest BCUT2D eigenvalue weighted by Gasteiger charge is 2.24. The monoisotopic (exact) mass is 220 g/mol. The lowest BCUT2D eigenvalue weighted by Gasteiger charge is -2.25. The van der Waals surface area contributed by atoms with E-state index in [1.807, 2.05) is 24.3 Å². The van der Waals surface area contributed by atoms with Crippen molar-refractivity contribution in [3.63, 3.8) is 0 Å². The molecule has 1 amide bonds. The van der Waals surface area contributed by atoms with E-state index in [-0.39, 0.29) is 11.8 Å². The fourth-order valence-electron chi connectivity index (χ4n) is 1.55. The number of benzene rings is 1. The molecule has 0 atom stereocenters. The minimum Gasteiger partial charge on any atom is -0.497 e. The van der Waals surface area contributed by atoms with E-state index in [1.54, 1.807) is 7.11 Å². The Kier molecular flexibility index (Phi) is 3.41. The Morgan fingerprint density at radius 2 is 2.12 bits per heavy atom. The van der Waals surface area contributed by atoms with Crippen LogP contribution in [0.15, 0.2) is 24.3 Å². The number of hydrogen-bond donors (Lipinski definition) is 2. The van der Waals surface area contributed by atoms with Crippen LogP contribution in [0.1, 0.15) is 5.56 Å². The molecule has 1 aromatic rings. The van der Waals surface area contributed by atoms with Crippen molar-refractivity contribution in [2.75, 3.05) is 20.2 Å². The molecule has 86 valence electrons. The molecule has 0 radical (unpaired) electrons. The van der Waals surface area contributed by atoms with Crippen LogP contribution in [0.25, 0.3) is 0 Å². The van der Waals surface area contributed by atoms with Crippen molar-refractivity contribution in [3.8, 4) is 5.75 Å². The number of ether oxygens (including phenoxy) is 1. The van der Waals surface area contributed by atoms with Crippen molar-refractivity contribution in [1.29, 1.82) is 0 Å². The number of carbonyl (C=O) groups is 1. The highest BCUT2D eigenvalue weighted by molar-refractivity contribution is 5.79. The maximum atomic E-state index is 11.5. The average molecular weight is 220 g/mol. The van der Waals surface area contributed by atoms with E-state index in [2.05, 4.69) is 10.6 Å². The number of amides is 1. The third-order valence-corrected chi connectivity index (χ3v) is 2.78. The molecular formula is C12H16N2O2. The van der Waals surface area contributed by atoms with Crippen LogP contribution in [0.4, 0.5) is 0 Å². The maximum absolute atomic E-state index is 11.5. The quantitative estimate of drug-likeness (QED) is 0.778. The van der Waals surface area contributed by atoms with E-state index >= 15 is 0 Å². The predicted molar refractivity (Wildman–Crippen MR) is 61.2 cm³/mol. The molecule has 16 heavy (non-hydrogen) atoms. The van der Waals surface area contributed by atoms with E-state index < -0.39 is 0 Å². The van der Waals surface area contributed by atoms with Crippen LogP contribution in [0, 0.1) is 5.92 Å². The summed E-state index contributed by atoms with van der Waals surface area (Å²) in [6, 6.07) is 7.70. The number of rotatable bonds is 4. The predicted octanol–water partition coefficient (Wildman–Crippen LogP) is 0.531. The lowest BCUT2D eigenvalue weighted by Crippen LogP contribution is -2.50. The summed E-state index contributed by atoms with van der Waals surface area (Å²) in [5, 5.41) is 6.00. The molecule has 2 N–H and O–H groups in total. The first kappa shape index (κ1) is 11.0. The second kappa shape index (κ2) is 4.99. The summed E-state index contributed by atoms with van der Waals surface area (Å²) in [7, 11) is 1.64. The van der Waals surface area contributed by atoms with Crippen LogP contribution < -0.4 is 15.4 Å². The Balaban J connectivity index is 1.81. The molecule has 0 saturated carbocycles. The lowest BCUT2D eigenvalue weighted by molar-refractivity contribution is -0.126. The molecule has 4 heteroatoms. The first-order chi connectivity index (χ1) is 7.79. The highest BCUT2D eigenvalue weighted by atomic mass is 16.5. The topological polar surface area (TPSA) is 50.4 Å². The average Bonchev–Trinajstić information content (AvgIpc) is 2.25. The normalized spacial score (nSPS) is 15.3. The summed E-state index contributed by atoms with van der Waals surface area (Å²) in [4.78, 5) is 11.5. The van der Waals surface area contributed by atoms with Gasteiger partial charge < -0.3 is 15.4 Å². The summed E-state index contributed by atoms with van der Waals surface area (Å²) >= 11 is 0. The molecule has 1 aliphatic rings. The largest absolute Gasteiger partial charge is 0.497 e. The molecule has 0 spiro atoms. The first-order valence-electron chi connectivity index (χ1n) is 5.41. The first-order valence-corrected chi connectivity index (χ1v) is 5.41. The maximum Gasteiger partial charge on any atom is 0.225 e. The van der Waals surface area contributed by atoms with Crippen molar-refractivity contribution in [2.45, 2.75) is 6.54 Å². The molecule has 0 aliphatic carbocycles. The smallest absolute Gasteiger partial charge is 0.225 e. The zero-order valence-electron chi connectivity index (χ0n) is 9.32. The van der Waals surface area contributed by atoms with Crippen molar-refractivity contribution in [2.24, 2.45) is 5.92 Å². The Hall–Kier alpha value is -1.55. The van der Waals surface area contributed by atoms with Crippen molar-refractivity contribution in [3.05, 3.63) is 29.8 Å². The van der Waals surface area contributed by atoms with Crippen molar-refractivity contribution >= 4 is 5.91 Å². The van der Waals surface area contributed by atoms with Crippen LogP contribution in [0.3, 0.4) is 0 Å². The summed E-state index contributed by atoms with van der Waals surface area (Å²) < 4.78 is 5.06. The van der Waals surface area contributed by atoms with Crippen LogP contribution >= 0.6 is 0 Å². The molecule has 1 saturated heterocycles. The van der Waals surface area contributed by atoms with E-state index in [0.717, 1.165) is 24.4 Å². The van der Waals surface area contributed by atoms with Gasteiger partial charge in [-0.05, 0) is 17.7 Å². The molecule has 1 aromatic carbocycles. The van der Waals surface area contributed by atoms with Crippen molar-refractivity contribution < 1.29 is 9.53 Å². The Morgan fingerprint density at radius 1 is 1.44 bits per heavy atom. The van der Waals surface area contributed by atoms with Gasteiger partial charge >= 0.3 is 0 Å². The molecule has 1 fully saturated rings. The van der Waals surface area contributed by atoms with Gasteiger partial charge in [0.15, 0.2) is 0 Å². The van der Waals surface area contributed by atoms with Crippen molar-refractivity contribution in [1.82, 2.24) is 10.6 Å². The van der Waals surface area contributed by atoms with Crippen LogP contribution in [0.5, 0.6) is 5.75 Å².